The summed E-state index contributed by atoms with van der Waals surface area (Å²) in [7, 11) is 0. The predicted molar refractivity (Wildman–Crippen MR) is 63.9 cm³/mol. The fourth-order valence-electron chi connectivity index (χ4n) is 1.75. The van der Waals surface area contributed by atoms with E-state index >= 15 is 0 Å². The van der Waals surface area contributed by atoms with Gasteiger partial charge in [0.2, 0.25) is 0 Å². The molecule has 0 aliphatic heterocycles. The highest BCUT2D eigenvalue weighted by atomic mass is 14.9. The van der Waals surface area contributed by atoms with Crippen LogP contribution in [0.2, 0.25) is 0 Å². The Morgan fingerprint density at radius 1 is 1.47 bits per heavy atom. The molecule has 0 bridgehead atoms. The predicted octanol–water partition coefficient (Wildman–Crippen LogP) is 3.46. The standard InChI is InChI=1S/C13H16N2/c1-4-5-10(2)12-6-13-7-14-11(3)8-15(13)9-12/h5-9H,4H2,1-3H3/b10-5+. The van der Waals surface area contributed by atoms with Crippen LogP contribution in [0.15, 0.2) is 30.7 Å². The van der Waals surface area contributed by atoms with Gasteiger partial charge in [0.25, 0.3) is 0 Å². The van der Waals surface area contributed by atoms with Crippen molar-refractivity contribution >= 4 is 11.1 Å². The lowest BCUT2D eigenvalue weighted by Crippen LogP contribution is -1.86. The number of aromatic nitrogens is 2. The second kappa shape index (κ2) is 3.89. The number of rotatable bonds is 2. The highest BCUT2D eigenvalue weighted by Crippen LogP contribution is 2.18. The van der Waals surface area contributed by atoms with Crippen LogP contribution in [-0.2, 0) is 0 Å². The van der Waals surface area contributed by atoms with Crippen LogP contribution in [0.25, 0.3) is 11.1 Å². The minimum absolute atomic E-state index is 1.04. The largest absolute Gasteiger partial charge is 0.320 e. The SMILES string of the molecule is CC/C=C(\C)c1cc2cnc(C)cn2c1. The monoisotopic (exact) mass is 200 g/mol. The van der Waals surface area contributed by atoms with Crippen LogP contribution in [-0.4, -0.2) is 9.38 Å². The van der Waals surface area contributed by atoms with Crippen LogP contribution in [0, 0.1) is 6.92 Å². The van der Waals surface area contributed by atoms with Gasteiger partial charge >= 0.3 is 0 Å². The minimum atomic E-state index is 1.04. The van der Waals surface area contributed by atoms with Crippen molar-refractivity contribution in [3.05, 3.63) is 42.0 Å². The molecule has 0 saturated carbocycles. The number of nitrogens with zero attached hydrogens (tertiary/aromatic N) is 2. The van der Waals surface area contributed by atoms with E-state index in [-0.39, 0.29) is 0 Å². The highest BCUT2D eigenvalue weighted by molar-refractivity contribution is 5.68. The van der Waals surface area contributed by atoms with Crippen molar-refractivity contribution in [2.75, 3.05) is 0 Å². The molecule has 0 fully saturated rings. The van der Waals surface area contributed by atoms with Crippen molar-refractivity contribution in [1.82, 2.24) is 9.38 Å². The molecule has 78 valence electrons. The molecule has 0 atom stereocenters. The van der Waals surface area contributed by atoms with Crippen LogP contribution in [0.4, 0.5) is 0 Å². The van der Waals surface area contributed by atoms with Gasteiger partial charge in [-0.3, -0.25) is 4.98 Å². The Bertz CT molecular complexity index is 506. The molecule has 15 heavy (non-hydrogen) atoms. The maximum Gasteiger partial charge on any atom is 0.0640 e. The van der Waals surface area contributed by atoms with E-state index in [1.54, 1.807) is 0 Å². The molecule has 2 heterocycles. The van der Waals surface area contributed by atoms with Gasteiger partial charge in [0.05, 0.1) is 17.4 Å². The second-order valence-corrected chi connectivity index (χ2v) is 3.88. The Hall–Kier alpha value is -1.57. The summed E-state index contributed by atoms with van der Waals surface area (Å²) in [6.45, 7) is 6.32. The zero-order valence-corrected chi connectivity index (χ0v) is 9.49. The first-order chi connectivity index (χ1) is 7.20. The van der Waals surface area contributed by atoms with E-state index in [1.807, 2.05) is 13.1 Å². The van der Waals surface area contributed by atoms with Crippen molar-refractivity contribution in [2.24, 2.45) is 0 Å². The molecule has 0 aromatic carbocycles. The molecule has 0 aliphatic carbocycles. The number of hydrogen-bond donors (Lipinski definition) is 0. The van der Waals surface area contributed by atoms with Gasteiger partial charge in [-0.05, 0) is 37.5 Å². The van der Waals surface area contributed by atoms with Gasteiger partial charge in [0.15, 0.2) is 0 Å². The zero-order chi connectivity index (χ0) is 10.8. The lowest BCUT2D eigenvalue weighted by Gasteiger charge is -1.94. The second-order valence-electron chi connectivity index (χ2n) is 3.88. The summed E-state index contributed by atoms with van der Waals surface area (Å²) in [4.78, 5) is 4.29. The van der Waals surface area contributed by atoms with Crippen LogP contribution < -0.4 is 0 Å². The van der Waals surface area contributed by atoms with Crippen LogP contribution in [0.1, 0.15) is 31.5 Å². The van der Waals surface area contributed by atoms with Gasteiger partial charge < -0.3 is 4.40 Å². The van der Waals surface area contributed by atoms with E-state index in [1.165, 1.54) is 11.1 Å². The summed E-state index contributed by atoms with van der Waals surface area (Å²) in [5.74, 6) is 0. The van der Waals surface area contributed by atoms with Crippen LogP contribution >= 0.6 is 0 Å². The molecule has 2 aromatic rings. The molecular formula is C13H16N2. The number of allylic oxidation sites excluding steroid dienone is 2. The Balaban J connectivity index is 2.52. The van der Waals surface area contributed by atoms with Crippen molar-refractivity contribution in [3.63, 3.8) is 0 Å². The fraction of sp³-hybridized carbons (Fsp3) is 0.308. The summed E-state index contributed by atoms with van der Waals surface area (Å²) in [5.41, 5.74) is 4.81. The fourth-order valence-corrected chi connectivity index (χ4v) is 1.75. The number of hydrogen-bond acceptors (Lipinski definition) is 1. The quantitative estimate of drug-likeness (QED) is 0.725. The van der Waals surface area contributed by atoms with E-state index < -0.39 is 0 Å². The van der Waals surface area contributed by atoms with Gasteiger partial charge in [-0.15, -0.1) is 0 Å². The maximum atomic E-state index is 4.29. The summed E-state index contributed by atoms with van der Waals surface area (Å²) < 4.78 is 2.13. The molecule has 0 radical (unpaired) electrons. The van der Waals surface area contributed by atoms with E-state index in [0.717, 1.165) is 17.6 Å². The molecule has 0 amide bonds. The van der Waals surface area contributed by atoms with Crippen molar-refractivity contribution < 1.29 is 0 Å². The lowest BCUT2D eigenvalue weighted by molar-refractivity contribution is 1.08. The molecule has 0 unspecified atom stereocenters. The molecule has 2 rings (SSSR count). The van der Waals surface area contributed by atoms with E-state index in [9.17, 15) is 0 Å². The average Bonchev–Trinajstić information content (AvgIpc) is 2.60. The van der Waals surface area contributed by atoms with Gasteiger partial charge in [-0.2, -0.15) is 0 Å². The molecule has 2 nitrogen and oxygen atoms in total. The summed E-state index contributed by atoms with van der Waals surface area (Å²) in [6, 6.07) is 2.17. The molecule has 0 N–H and O–H groups in total. The van der Waals surface area contributed by atoms with Crippen molar-refractivity contribution in [2.45, 2.75) is 27.2 Å². The van der Waals surface area contributed by atoms with Gasteiger partial charge in [-0.1, -0.05) is 13.0 Å². The number of fused-ring (bicyclic) bond motifs is 1. The smallest absolute Gasteiger partial charge is 0.0640 e. The molecule has 2 heteroatoms. The Labute approximate surface area is 90.3 Å². The summed E-state index contributed by atoms with van der Waals surface area (Å²) in [5, 5.41) is 0. The molecule has 0 aliphatic rings. The first-order valence-electron chi connectivity index (χ1n) is 5.32. The first kappa shape index (κ1) is 9.97. The highest BCUT2D eigenvalue weighted by Gasteiger charge is 2.01. The zero-order valence-electron chi connectivity index (χ0n) is 9.49. The van der Waals surface area contributed by atoms with E-state index in [4.69, 9.17) is 0 Å². The van der Waals surface area contributed by atoms with Crippen LogP contribution in [0.3, 0.4) is 0 Å². The molecular weight excluding hydrogens is 184 g/mol. The molecule has 0 spiro atoms. The Morgan fingerprint density at radius 3 is 3.00 bits per heavy atom. The Morgan fingerprint density at radius 2 is 2.27 bits per heavy atom. The molecule has 0 saturated heterocycles. The summed E-state index contributed by atoms with van der Waals surface area (Å²) in [6.07, 6.45) is 9.45. The third kappa shape index (κ3) is 1.94. The van der Waals surface area contributed by atoms with Crippen molar-refractivity contribution in [1.29, 1.82) is 0 Å². The van der Waals surface area contributed by atoms with Crippen LogP contribution in [0.5, 0.6) is 0 Å². The first-order valence-corrected chi connectivity index (χ1v) is 5.32. The van der Waals surface area contributed by atoms with E-state index in [2.05, 4.69) is 47.8 Å². The van der Waals surface area contributed by atoms with Gasteiger partial charge in [0.1, 0.15) is 0 Å². The van der Waals surface area contributed by atoms with Gasteiger partial charge in [0, 0.05) is 12.4 Å². The maximum absolute atomic E-state index is 4.29. The molecule has 2 aromatic heterocycles. The van der Waals surface area contributed by atoms with E-state index in [0.29, 0.717) is 0 Å². The third-order valence-electron chi connectivity index (χ3n) is 2.57. The third-order valence-corrected chi connectivity index (χ3v) is 2.57. The topological polar surface area (TPSA) is 17.3 Å². The Kier molecular flexibility index (Phi) is 2.58. The van der Waals surface area contributed by atoms with Gasteiger partial charge in [-0.25, -0.2) is 0 Å². The normalized spacial score (nSPS) is 12.3. The van der Waals surface area contributed by atoms with Crippen molar-refractivity contribution in [3.8, 4) is 0 Å². The minimum Gasteiger partial charge on any atom is -0.320 e. The summed E-state index contributed by atoms with van der Waals surface area (Å²) >= 11 is 0. The average molecular weight is 200 g/mol. The number of aryl methyl sites for hydroxylation is 1. The lowest BCUT2D eigenvalue weighted by atomic mass is 10.1.